The fraction of sp³-hybridized carbons (Fsp3) is 0.105. The molecule has 0 saturated carbocycles. The molecule has 0 spiro atoms. The van der Waals surface area contributed by atoms with Gasteiger partial charge < -0.3 is 9.73 Å². The average molecular weight is 368 g/mol. The van der Waals surface area contributed by atoms with Crippen molar-refractivity contribution in [2.24, 2.45) is 5.10 Å². The smallest absolute Gasteiger partial charge is 0.187 e. The van der Waals surface area contributed by atoms with Crippen molar-refractivity contribution >= 4 is 23.5 Å². The minimum atomic E-state index is -0.327. The van der Waals surface area contributed by atoms with Gasteiger partial charge in [0.2, 0.25) is 0 Å². The van der Waals surface area contributed by atoms with Gasteiger partial charge in [-0.05, 0) is 55.0 Å². The molecule has 1 aromatic carbocycles. The third-order valence-corrected chi connectivity index (χ3v) is 3.78. The van der Waals surface area contributed by atoms with E-state index < -0.39 is 0 Å². The Kier molecular flexibility index (Phi) is 5.70. The molecule has 7 heteroatoms. The van der Waals surface area contributed by atoms with Gasteiger partial charge in [0, 0.05) is 18.9 Å². The van der Waals surface area contributed by atoms with Crippen LogP contribution in [0.4, 0.5) is 4.39 Å². The minimum Gasteiger partial charge on any atom is -0.455 e. The number of aromatic nitrogens is 1. The second-order valence-electron chi connectivity index (χ2n) is 5.60. The summed E-state index contributed by atoms with van der Waals surface area (Å²) in [7, 11) is 0. The maximum Gasteiger partial charge on any atom is 0.187 e. The Morgan fingerprint density at radius 1 is 1.31 bits per heavy atom. The molecule has 0 radical (unpaired) electrons. The first kappa shape index (κ1) is 17.8. The van der Waals surface area contributed by atoms with Crippen LogP contribution < -0.4 is 10.7 Å². The predicted octanol–water partition coefficient (Wildman–Crippen LogP) is 3.79. The van der Waals surface area contributed by atoms with Crippen LogP contribution in [0.3, 0.4) is 0 Å². The zero-order valence-electron chi connectivity index (χ0n) is 14.1. The molecular formula is C19H17FN4OS. The van der Waals surface area contributed by atoms with Crippen LogP contribution in [0.2, 0.25) is 0 Å². The van der Waals surface area contributed by atoms with Gasteiger partial charge in [0.1, 0.15) is 17.3 Å². The SMILES string of the molecule is Cc1ccc(F)c(-c2ccc(/C=N/NC(=S)NCc3cccnc3)o2)c1. The van der Waals surface area contributed by atoms with Crippen LogP contribution in [-0.2, 0) is 6.54 Å². The normalized spacial score (nSPS) is 10.8. The van der Waals surface area contributed by atoms with E-state index in [1.807, 2.05) is 19.1 Å². The number of pyridine rings is 1. The fourth-order valence-corrected chi connectivity index (χ4v) is 2.40. The summed E-state index contributed by atoms with van der Waals surface area (Å²) >= 11 is 5.15. The van der Waals surface area contributed by atoms with Gasteiger partial charge in [-0.15, -0.1) is 0 Å². The average Bonchev–Trinajstić information content (AvgIpc) is 3.11. The Labute approximate surface area is 156 Å². The molecule has 0 aliphatic carbocycles. The number of rotatable bonds is 5. The molecule has 0 amide bonds. The van der Waals surface area contributed by atoms with Crippen LogP contribution in [0.1, 0.15) is 16.9 Å². The van der Waals surface area contributed by atoms with Crippen molar-refractivity contribution in [2.75, 3.05) is 0 Å². The largest absolute Gasteiger partial charge is 0.455 e. The van der Waals surface area contributed by atoms with E-state index in [4.69, 9.17) is 16.6 Å². The third-order valence-electron chi connectivity index (χ3n) is 3.55. The quantitative estimate of drug-likeness (QED) is 0.408. The Bertz CT molecular complexity index is 924. The molecule has 132 valence electrons. The predicted molar refractivity (Wildman–Crippen MR) is 103 cm³/mol. The van der Waals surface area contributed by atoms with E-state index in [2.05, 4.69) is 20.8 Å². The number of benzene rings is 1. The molecule has 0 fully saturated rings. The first-order valence-corrected chi connectivity index (χ1v) is 8.35. The van der Waals surface area contributed by atoms with Crippen LogP contribution in [-0.4, -0.2) is 16.3 Å². The zero-order valence-corrected chi connectivity index (χ0v) is 14.9. The van der Waals surface area contributed by atoms with Crippen LogP contribution in [0.15, 0.2) is 64.4 Å². The number of hydrazone groups is 1. The second kappa shape index (κ2) is 8.35. The molecule has 3 rings (SSSR count). The number of halogens is 1. The number of nitrogens with one attached hydrogen (secondary N) is 2. The highest BCUT2D eigenvalue weighted by Crippen LogP contribution is 2.25. The highest BCUT2D eigenvalue weighted by molar-refractivity contribution is 7.80. The highest BCUT2D eigenvalue weighted by Gasteiger charge is 2.09. The van der Waals surface area contributed by atoms with Crippen molar-refractivity contribution in [3.05, 3.63) is 77.6 Å². The van der Waals surface area contributed by atoms with E-state index in [-0.39, 0.29) is 5.82 Å². The van der Waals surface area contributed by atoms with E-state index in [1.165, 1.54) is 12.3 Å². The van der Waals surface area contributed by atoms with Crippen LogP contribution >= 0.6 is 12.2 Å². The van der Waals surface area contributed by atoms with Crippen molar-refractivity contribution in [2.45, 2.75) is 13.5 Å². The number of aryl methyl sites for hydroxylation is 1. The van der Waals surface area contributed by atoms with Crippen molar-refractivity contribution in [3.8, 4) is 11.3 Å². The number of hydrogen-bond acceptors (Lipinski definition) is 4. The van der Waals surface area contributed by atoms with Gasteiger partial charge in [-0.3, -0.25) is 10.4 Å². The van der Waals surface area contributed by atoms with Crippen molar-refractivity contribution in [1.29, 1.82) is 0 Å². The summed E-state index contributed by atoms with van der Waals surface area (Å²) in [6.45, 7) is 2.45. The molecular weight excluding hydrogens is 351 g/mol. The molecule has 2 N–H and O–H groups in total. The van der Waals surface area contributed by atoms with Gasteiger partial charge in [-0.1, -0.05) is 17.7 Å². The molecule has 5 nitrogen and oxygen atoms in total. The molecule has 2 heterocycles. The summed E-state index contributed by atoms with van der Waals surface area (Å²) in [5.41, 5.74) is 5.10. The number of thiocarbonyl (C=S) groups is 1. The summed E-state index contributed by atoms with van der Waals surface area (Å²) in [6, 6.07) is 12.1. The summed E-state index contributed by atoms with van der Waals surface area (Å²) < 4.78 is 19.5. The fourth-order valence-electron chi connectivity index (χ4n) is 2.27. The summed E-state index contributed by atoms with van der Waals surface area (Å²) in [5, 5.41) is 7.41. The standard InChI is InChI=1S/C19H17FN4OS/c1-13-4-6-17(20)16(9-13)18-7-5-15(25-18)12-23-24-19(26)22-11-14-3-2-8-21-10-14/h2-10,12H,11H2,1H3,(H2,22,24,26)/b23-12+. The molecule has 0 aliphatic heterocycles. The molecule has 0 saturated heterocycles. The summed E-state index contributed by atoms with van der Waals surface area (Å²) in [5.74, 6) is 0.612. The molecule has 3 aromatic rings. The monoisotopic (exact) mass is 368 g/mol. The Morgan fingerprint density at radius 3 is 3.00 bits per heavy atom. The maximum atomic E-state index is 13.9. The molecule has 2 aromatic heterocycles. The number of nitrogens with zero attached hydrogens (tertiary/aromatic N) is 2. The third kappa shape index (κ3) is 4.73. The molecule has 0 aliphatic rings. The van der Waals surface area contributed by atoms with E-state index >= 15 is 0 Å². The van der Waals surface area contributed by atoms with Crippen molar-refractivity contribution in [1.82, 2.24) is 15.7 Å². The topological polar surface area (TPSA) is 62.5 Å². The molecule has 0 atom stereocenters. The Hall–Kier alpha value is -3.06. The second-order valence-corrected chi connectivity index (χ2v) is 6.01. The lowest BCUT2D eigenvalue weighted by Crippen LogP contribution is -2.31. The highest BCUT2D eigenvalue weighted by atomic mass is 32.1. The van der Waals surface area contributed by atoms with Gasteiger partial charge in [0.15, 0.2) is 5.11 Å². The molecule has 26 heavy (non-hydrogen) atoms. The summed E-state index contributed by atoms with van der Waals surface area (Å²) in [4.78, 5) is 4.03. The number of furan rings is 1. The zero-order chi connectivity index (χ0) is 18.4. The van der Waals surface area contributed by atoms with E-state index in [0.29, 0.717) is 28.7 Å². The van der Waals surface area contributed by atoms with Gasteiger partial charge in [-0.25, -0.2) is 4.39 Å². The van der Waals surface area contributed by atoms with Crippen LogP contribution in [0.25, 0.3) is 11.3 Å². The first-order valence-electron chi connectivity index (χ1n) is 7.94. The van der Waals surface area contributed by atoms with E-state index in [9.17, 15) is 4.39 Å². The lowest BCUT2D eigenvalue weighted by molar-refractivity contribution is 0.563. The van der Waals surface area contributed by atoms with Crippen LogP contribution in [0, 0.1) is 12.7 Å². The number of hydrogen-bond donors (Lipinski definition) is 2. The summed E-state index contributed by atoms with van der Waals surface area (Å²) in [6.07, 6.45) is 4.95. The molecule has 0 unspecified atom stereocenters. The van der Waals surface area contributed by atoms with Gasteiger partial charge in [0.05, 0.1) is 11.8 Å². The Balaban J connectivity index is 1.55. The lowest BCUT2D eigenvalue weighted by Gasteiger charge is -2.06. The lowest BCUT2D eigenvalue weighted by atomic mass is 10.1. The van der Waals surface area contributed by atoms with Gasteiger partial charge in [-0.2, -0.15) is 5.10 Å². The minimum absolute atomic E-state index is 0.327. The van der Waals surface area contributed by atoms with E-state index in [1.54, 1.807) is 36.7 Å². The van der Waals surface area contributed by atoms with Crippen LogP contribution in [0.5, 0.6) is 0 Å². The van der Waals surface area contributed by atoms with Gasteiger partial charge >= 0.3 is 0 Å². The van der Waals surface area contributed by atoms with Crippen molar-refractivity contribution < 1.29 is 8.81 Å². The maximum absolute atomic E-state index is 13.9. The molecule has 0 bridgehead atoms. The van der Waals surface area contributed by atoms with Gasteiger partial charge in [0.25, 0.3) is 0 Å². The van der Waals surface area contributed by atoms with Crippen molar-refractivity contribution in [3.63, 3.8) is 0 Å². The first-order chi connectivity index (χ1) is 12.6. The Morgan fingerprint density at radius 2 is 2.19 bits per heavy atom. The van der Waals surface area contributed by atoms with E-state index in [0.717, 1.165) is 11.1 Å².